The van der Waals surface area contributed by atoms with Gasteiger partial charge in [-0.1, -0.05) is 326 Å². The molecule has 0 N–H and O–H groups in total. The number of rotatable bonds is 0. The summed E-state index contributed by atoms with van der Waals surface area (Å²) in [5.74, 6) is 0. The van der Waals surface area contributed by atoms with E-state index in [-0.39, 0.29) is 48.5 Å². The number of nitrogens with zero attached hydrogens (tertiary/aromatic N) is 8. The fourth-order valence-corrected chi connectivity index (χ4v) is 24.8. The molecule has 12 heteroatoms. The summed E-state index contributed by atoms with van der Waals surface area (Å²) in [5, 5.41) is 49.4. The lowest BCUT2D eigenvalue weighted by atomic mass is 9.30. The Kier molecular flexibility index (Phi) is 14.6. The summed E-state index contributed by atoms with van der Waals surface area (Å²) in [6.45, 7) is 19.4. The van der Waals surface area contributed by atoms with Crippen molar-refractivity contribution in [3.8, 4) is 47.0 Å². The number of benzene rings is 16. The van der Waals surface area contributed by atoms with Gasteiger partial charge in [-0.2, -0.15) is 21.0 Å². The summed E-state index contributed by atoms with van der Waals surface area (Å²) in [6.07, 6.45) is 0. The van der Waals surface area contributed by atoms with E-state index in [1.54, 1.807) is 0 Å². The minimum atomic E-state index is -0.0811. The van der Waals surface area contributed by atoms with Gasteiger partial charge in [0.15, 0.2) is 0 Å². The third kappa shape index (κ3) is 9.11. The van der Waals surface area contributed by atoms with Crippen LogP contribution < -0.4 is 65.6 Å². The molecule has 16 aromatic carbocycles. The number of hydrogen-bond donors (Lipinski definition) is 0. The molecule has 8 nitrogen and oxygen atoms in total. The first-order chi connectivity index (χ1) is 60.5. The van der Waals surface area contributed by atoms with Crippen LogP contribution in [-0.4, -0.2) is 45.1 Å². The molecule has 0 radical (unpaired) electrons. The highest BCUT2D eigenvalue weighted by Gasteiger charge is 2.51. The molecule has 124 heavy (non-hydrogen) atoms. The first-order valence-corrected chi connectivity index (χ1v) is 43.3. The van der Waals surface area contributed by atoms with Crippen molar-refractivity contribution in [2.75, 3.05) is 0 Å². The molecule has 28 rings (SSSR count). The number of aromatic nitrogens is 4. The van der Waals surface area contributed by atoms with E-state index >= 15 is 0 Å². The highest BCUT2D eigenvalue weighted by Crippen LogP contribution is 2.47. The summed E-state index contributed by atoms with van der Waals surface area (Å²) < 4.78 is 9.55. The van der Waals surface area contributed by atoms with Crippen molar-refractivity contribution in [1.82, 2.24) is 18.3 Å². The Labute approximate surface area is 720 Å². The van der Waals surface area contributed by atoms with Crippen LogP contribution in [0.4, 0.5) is 0 Å². The van der Waals surface area contributed by atoms with E-state index in [0.717, 1.165) is 39.0 Å². The topological polar surface area (TPSA) is 115 Å². The molecular formula is C112H76B4N8. The molecule has 12 heterocycles. The third-order valence-corrected chi connectivity index (χ3v) is 30.0. The van der Waals surface area contributed by atoms with Gasteiger partial charge >= 0.3 is 0 Å². The third-order valence-electron chi connectivity index (χ3n) is 30.0. The number of para-hydroxylation sites is 6. The highest BCUT2D eigenvalue weighted by atomic mass is 15.0. The molecule has 0 unspecified atom stereocenters. The van der Waals surface area contributed by atoms with Gasteiger partial charge in [0.25, 0.3) is 0 Å². The van der Waals surface area contributed by atoms with Crippen LogP contribution in [0.3, 0.4) is 0 Å². The molecule has 4 aromatic heterocycles. The second kappa shape index (κ2) is 25.3. The highest BCUT2D eigenvalue weighted by molar-refractivity contribution is 7.01. The maximum Gasteiger partial charge on any atom is 0.247 e. The summed E-state index contributed by atoms with van der Waals surface area (Å²) in [7, 11) is 0. The van der Waals surface area contributed by atoms with Crippen LogP contribution in [-0.2, 0) is 21.7 Å². The van der Waals surface area contributed by atoms with Crippen molar-refractivity contribution in [3.05, 3.63) is 382 Å². The van der Waals surface area contributed by atoms with E-state index in [0.29, 0.717) is 5.56 Å². The van der Waals surface area contributed by atoms with E-state index in [4.69, 9.17) is 0 Å². The van der Waals surface area contributed by atoms with Gasteiger partial charge in [0.1, 0.15) is 12.1 Å². The molecule has 0 spiro atoms. The van der Waals surface area contributed by atoms with Crippen molar-refractivity contribution in [1.29, 1.82) is 21.0 Å². The van der Waals surface area contributed by atoms with E-state index in [2.05, 4.69) is 377 Å². The smallest absolute Gasteiger partial charge is 0.247 e. The monoisotopic (exact) mass is 1580 g/mol. The van der Waals surface area contributed by atoms with Crippen molar-refractivity contribution < 1.29 is 0 Å². The lowest BCUT2D eigenvalue weighted by molar-refractivity contribution is 0.646. The van der Waals surface area contributed by atoms with E-state index in [1.165, 1.54) is 198 Å². The van der Waals surface area contributed by atoms with E-state index < -0.39 is 0 Å². The van der Waals surface area contributed by atoms with Gasteiger partial charge in [-0.05, 0) is 155 Å². The average molecular weight is 1580 g/mol. The fraction of sp³-hybridized carbons (Fsp3) is 0.107. The van der Waals surface area contributed by atoms with Crippen LogP contribution in [0, 0.1) is 45.3 Å². The Hall–Kier alpha value is -15.1. The van der Waals surface area contributed by atoms with Gasteiger partial charge in [0, 0.05) is 104 Å². The Bertz CT molecular complexity index is 8460. The van der Waals surface area contributed by atoms with Crippen molar-refractivity contribution in [3.63, 3.8) is 0 Å². The quantitative estimate of drug-likeness (QED) is 0.141. The predicted molar refractivity (Wildman–Crippen MR) is 515 cm³/mol. The van der Waals surface area contributed by atoms with Gasteiger partial charge in [-0.15, -0.1) is 0 Å². The van der Waals surface area contributed by atoms with Crippen molar-refractivity contribution in [2.45, 2.75) is 77.0 Å². The second-order valence-corrected chi connectivity index (χ2v) is 37.2. The van der Waals surface area contributed by atoms with Gasteiger partial charge in [0.2, 0.25) is 26.9 Å². The van der Waals surface area contributed by atoms with Crippen molar-refractivity contribution >= 4 is 180 Å². The molecule has 8 aliphatic heterocycles. The van der Waals surface area contributed by atoms with E-state index in [9.17, 15) is 21.0 Å². The average Bonchev–Trinajstić information content (AvgIpc) is 1.46. The first-order valence-electron chi connectivity index (χ1n) is 43.3. The van der Waals surface area contributed by atoms with E-state index in [1.807, 2.05) is 36.4 Å². The Morgan fingerprint density at radius 3 is 1.02 bits per heavy atom. The van der Waals surface area contributed by atoms with Crippen LogP contribution in [0.15, 0.2) is 315 Å². The van der Waals surface area contributed by atoms with Crippen LogP contribution in [0.1, 0.15) is 122 Å². The largest absolute Gasteiger partial charge is 0.310 e. The standard InChI is InChI=1S/4C28H19BN2/c1-28(2)20-10-4-5-11-22(20)29-23-12-7-8-17(16-30)26(23)31-24-13-6-3-9-18(24)19-14-15-21(28)25(29)27(19)31;1-28(2)20-8-4-5-9-22(20)29-23-15-17(16-30)11-14-25(23)31-24-10-6-3-7-18(24)19-12-13-21(28)26(29)27(19)31;1-28(2)20-8-4-5-9-22(20)29-23-14-11-17(16-30)15-25(23)31-24-10-6-3-7-18(24)19-12-13-21(28)26(29)27(19)31;1-28(2)20-10-3-4-11-22(20)29-23-12-5-6-13-24(23)31-26-17(16-30)8-7-9-18(26)19-14-15-21(28)25(29)27(19)31/h4*3-15H,1-2H3. The molecule has 576 valence electrons. The molecule has 0 bridgehead atoms. The molecule has 0 fully saturated rings. The molecule has 0 atom stereocenters. The Morgan fingerprint density at radius 1 is 0.218 bits per heavy atom. The van der Waals surface area contributed by atoms with Gasteiger partial charge < -0.3 is 18.3 Å². The zero-order valence-corrected chi connectivity index (χ0v) is 69.9. The lowest BCUT2D eigenvalue weighted by Gasteiger charge is -2.41. The number of fused-ring (bicyclic) bond motifs is 32. The maximum absolute atomic E-state index is 10.0. The normalized spacial score (nSPS) is 14.9. The minimum Gasteiger partial charge on any atom is -0.310 e. The minimum absolute atomic E-state index is 0.0675. The van der Waals surface area contributed by atoms with Crippen LogP contribution >= 0.6 is 0 Å². The van der Waals surface area contributed by atoms with Crippen LogP contribution in [0.5, 0.6) is 0 Å². The molecule has 20 aromatic rings. The molecule has 8 aliphatic rings. The number of hydrogen-bond acceptors (Lipinski definition) is 4. The van der Waals surface area contributed by atoms with Gasteiger partial charge in [0.05, 0.1) is 62.1 Å². The summed E-state index contributed by atoms with van der Waals surface area (Å²) in [5.41, 5.74) is 44.2. The lowest BCUT2D eigenvalue weighted by Crippen LogP contribution is -2.63. The van der Waals surface area contributed by atoms with Crippen molar-refractivity contribution in [2.24, 2.45) is 0 Å². The van der Waals surface area contributed by atoms with Crippen LogP contribution in [0.2, 0.25) is 0 Å². The van der Waals surface area contributed by atoms with Crippen LogP contribution in [0.25, 0.3) is 110 Å². The SMILES string of the molecule is CC1(C)c2ccccc2B2c3cc(C#N)ccc3-n3c4ccccc4c4ccc1c2c43.CC1(C)c2ccccc2B2c3ccc(C#N)cc3-n3c4ccccc4c4ccc1c2c43.CC1(C)c2ccccc2B2c3cccc(C#N)c3-n3c4ccccc4c4ccc1c2c43.CC1(C)c2ccccc2B2c3ccccc3-n3c4c(C#N)cccc4c4ccc1c2c43. The zero-order chi connectivity index (χ0) is 83.6. The summed E-state index contributed by atoms with van der Waals surface area (Å²) in [4.78, 5) is 0. The van der Waals surface area contributed by atoms with Gasteiger partial charge in [-0.25, -0.2) is 0 Å². The predicted octanol–water partition coefficient (Wildman–Crippen LogP) is 16.5. The Balaban J connectivity index is 0.0000000906. The zero-order valence-electron chi connectivity index (χ0n) is 69.9. The molecular weight excluding hydrogens is 1500 g/mol. The number of nitriles is 4. The second-order valence-electron chi connectivity index (χ2n) is 37.2. The Morgan fingerprint density at radius 2 is 0.540 bits per heavy atom. The molecule has 0 saturated heterocycles. The van der Waals surface area contributed by atoms with Gasteiger partial charge in [-0.3, -0.25) is 0 Å². The first kappa shape index (κ1) is 71.8. The summed E-state index contributed by atoms with van der Waals surface area (Å²) in [6, 6.07) is 123. The maximum atomic E-state index is 10.0. The molecule has 0 aliphatic carbocycles. The summed E-state index contributed by atoms with van der Waals surface area (Å²) >= 11 is 0. The molecule has 0 saturated carbocycles. The fourth-order valence-electron chi connectivity index (χ4n) is 24.8. The molecule has 0 amide bonds.